The highest BCUT2D eigenvalue weighted by atomic mass is 35.5. The monoisotopic (exact) mass is 256 g/mol. The van der Waals surface area contributed by atoms with Crippen LogP contribution in [0.1, 0.15) is 22.7 Å². The van der Waals surface area contributed by atoms with Crippen LogP contribution in [0.25, 0.3) is 0 Å². The van der Waals surface area contributed by atoms with Crippen LogP contribution >= 0.6 is 11.6 Å². The molecule has 0 radical (unpaired) electrons. The fraction of sp³-hybridized carbons (Fsp3) is 0.133. The van der Waals surface area contributed by atoms with Crippen LogP contribution < -0.4 is 5.73 Å². The van der Waals surface area contributed by atoms with Gasteiger partial charge >= 0.3 is 0 Å². The lowest BCUT2D eigenvalue weighted by Gasteiger charge is -2.22. The molecule has 0 saturated heterocycles. The molecule has 3 rings (SSSR count). The van der Waals surface area contributed by atoms with Crippen molar-refractivity contribution in [2.24, 2.45) is 10.7 Å². The first-order valence-corrected chi connectivity index (χ1v) is 6.29. The second-order valence-electron chi connectivity index (χ2n) is 4.41. The van der Waals surface area contributed by atoms with Crippen molar-refractivity contribution in [3.05, 3.63) is 70.2 Å². The highest BCUT2D eigenvalue weighted by Gasteiger charge is 2.21. The Morgan fingerprint density at radius 1 is 1.06 bits per heavy atom. The zero-order chi connectivity index (χ0) is 12.5. The first-order valence-electron chi connectivity index (χ1n) is 5.91. The molecule has 2 nitrogen and oxygen atoms in total. The zero-order valence-electron chi connectivity index (χ0n) is 9.81. The largest absolute Gasteiger partial charge is 0.383 e. The Morgan fingerprint density at radius 3 is 2.61 bits per heavy atom. The third-order valence-corrected chi connectivity index (χ3v) is 3.61. The molecule has 2 aromatic carbocycles. The minimum atomic E-state index is 0.0219. The molecule has 2 N–H and O–H groups in total. The molecule has 1 heterocycles. The van der Waals surface area contributed by atoms with E-state index < -0.39 is 0 Å². The van der Waals surface area contributed by atoms with Gasteiger partial charge in [-0.05, 0) is 23.6 Å². The van der Waals surface area contributed by atoms with Crippen LogP contribution in [0, 0.1) is 0 Å². The quantitative estimate of drug-likeness (QED) is 0.835. The summed E-state index contributed by atoms with van der Waals surface area (Å²) in [4.78, 5) is 4.56. The zero-order valence-corrected chi connectivity index (χ0v) is 10.6. The van der Waals surface area contributed by atoms with Crippen LogP contribution in [0.2, 0.25) is 5.02 Å². The van der Waals surface area contributed by atoms with Gasteiger partial charge in [-0.3, -0.25) is 4.99 Å². The molecule has 1 unspecified atom stereocenters. The fourth-order valence-electron chi connectivity index (χ4n) is 2.36. The average Bonchev–Trinajstić information content (AvgIpc) is 2.39. The minimum Gasteiger partial charge on any atom is -0.383 e. The number of fused-ring (bicyclic) bond motifs is 1. The van der Waals surface area contributed by atoms with Crippen molar-refractivity contribution >= 4 is 17.4 Å². The molecular formula is C15H13ClN2. The van der Waals surface area contributed by atoms with Gasteiger partial charge in [-0.15, -0.1) is 0 Å². The van der Waals surface area contributed by atoms with E-state index in [9.17, 15) is 0 Å². The Kier molecular flexibility index (Phi) is 2.80. The van der Waals surface area contributed by atoms with Gasteiger partial charge < -0.3 is 5.73 Å². The highest BCUT2D eigenvalue weighted by molar-refractivity contribution is 6.31. The van der Waals surface area contributed by atoms with Crippen LogP contribution in [0.15, 0.2) is 53.5 Å². The lowest BCUT2D eigenvalue weighted by atomic mass is 9.92. The van der Waals surface area contributed by atoms with Crippen molar-refractivity contribution in [3.63, 3.8) is 0 Å². The van der Waals surface area contributed by atoms with Crippen molar-refractivity contribution in [1.29, 1.82) is 0 Å². The number of nitrogens with zero attached hydrogens (tertiary/aromatic N) is 1. The van der Waals surface area contributed by atoms with Gasteiger partial charge in [0.2, 0.25) is 0 Å². The van der Waals surface area contributed by atoms with Crippen molar-refractivity contribution in [2.45, 2.75) is 12.5 Å². The normalized spacial score (nSPS) is 18.1. The van der Waals surface area contributed by atoms with E-state index in [4.69, 9.17) is 17.3 Å². The van der Waals surface area contributed by atoms with E-state index in [1.165, 1.54) is 5.56 Å². The second-order valence-corrected chi connectivity index (χ2v) is 4.82. The molecular weight excluding hydrogens is 244 g/mol. The van der Waals surface area contributed by atoms with E-state index in [2.05, 4.69) is 11.1 Å². The Morgan fingerprint density at radius 2 is 1.78 bits per heavy atom. The Labute approximate surface area is 111 Å². The summed E-state index contributed by atoms with van der Waals surface area (Å²) in [5, 5.41) is 0.749. The first-order chi connectivity index (χ1) is 8.75. The van der Waals surface area contributed by atoms with Gasteiger partial charge in [0.15, 0.2) is 0 Å². The predicted molar refractivity (Wildman–Crippen MR) is 75.1 cm³/mol. The lowest BCUT2D eigenvalue weighted by molar-refractivity contribution is 0.710. The topological polar surface area (TPSA) is 38.4 Å². The maximum Gasteiger partial charge on any atom is 0.126 e. The Balaban J connectivity index is 2.05. The van der Waals surface area contributed by atoms with Crippen LogP contribution in [0.5, 0.6) is 0 Å². The van der Waals surface area contributed by atoms with Crippen LogP contribution in [-0.4, -0.2) is 5.84 Å². The van der Waals surface area contributed by atoms with Crippen LogP contribution in [0.4, 0.5) is 0 Å². The van der Waals surface area contributed by atoms with Crippen molar-refractivity contribution < 1.29 is 0 Å². The SMILES string of the molecule is NC1=NC(c2ccccc2Cl)Cc2ccccc21. The average molecular weight is 257 g/mol. The van der Waals surface area contributed by atoms with Crippen molar-refractivity contribution in [3.8, 4) is 0 Å². The van der Waals surface area contributed by atoms with Gasteiger partial charge in [0, 0.05) is 10.6 Å². The van der Waals surface area contributed by atoms with Gasteiger partial charge in [0.05, 0.1) is 6.04 Å². The first kappa shape index (κ1) is 11.3. The predicted octanol–water partition coefficient (Wildman–Crippen LogP) is 3.34. The summed E-state index contributed by atoms with van der Waals surface area (Å²) in [6, 6.07) is 16.0. The summed E-state index contributed by atoms with van der Waals surface area (Å²) in [5.74, 6) is 0.599. The molecule has 1 aliphatic rings. The fourth-order valence-corrected chi connectivity index (χ4v) is 2.63. The summed E-state index contributed by atoms with van der Waals surface area (Å²) >= 11 is 6.22. The number of rotatable bonds is 1. The summed E-state index contributed by atoms with van der Waals surface area (Å²) < 4.78 is 0. The van der Waals surface area contributed by atoms with E-state index in [1.54, 1.807) is 0 Å². The Bertz CT molecular complexity index is 619. The number of aliphatic imine (C=N–C) groups is 1. The molecule has 0 saturated carbocycles. The number of hydrogen-bond donors (Lipinski definition) is 1. The lowest BCUT2D eigenvalue weighted by Crippen LogP contribution is -2.22. The molecule has 0 spiro atoms. The van der Waals surface area contributed by atoms with Crippen molar-refractivity contribution in [1.82, 2.24) is 0 Å². The molecule has 90 valence electrons. The number of nitrogens with two attached hydrogens (primary N) is 1. The molecule has 1 aliphatic heterocycles. The van der Waals surface area contributed by atoms with Crippen LogP contribution in [-0.2, 0) is 6.42 Å². The third-order valence-electron chi connectivity index (χ3n) is 3.27. The van der Waals surface area contributed by atoms with Gasteiger partial charge in [-0.2, -0.15) is 0 Å². The summed E-state index contributed by atoms with van der Waals surface area (Å²) in [7, 11) is 0. The molecule has 0 bridgehead atoms. The van der Waals surface area contributed by atoms with Crippen LogP contribution in [0.3, 0.4) is 0 Å². The maximum atomic E-state index is 6.22. The number of hydrogen-bond acceptors (Lipinski definition) is 2. The minimum absolute atomic E-state index is 0.0219. The molecule has 2 aromatic rings. The van der Waals surface area contributed by atoms with E-state index in [1.807, 2.05) is 42.5 Å². The third kappa shape index (κ3) is 1.89. The summed E-state index contributed by atoms with van der Waals surface area (Å²) in [6.07, 6.45) is 0.848. The molecule has 3 heteroatoms. The highest BCUT2D eigenvalue weighted by Crippen LogP contribution is 2.32. The van der Waals surface area contributed by atoms with E-state index in [-0.39, 0.29) is 6.04 Å². The molecule has 0 amide bonds. The standard InChI is InChI=1S/C15H13ClN2/c16-13-8-4-3-7-12(13)14-9-10-5-1-2-6-11(10)15(17)18-14/h1-8,14H,9H2,(H2,17,18). The van der Waals surface area contributed by atoms with Gasteiger partial charge in [0.25, 0.3) is 0 Å². The summed E-state index contributed by atoms with van der Waals surface area (Å²) in [6.45, 7) is 0. The van der Waals surface area contributed by atoms with E-state index in [0.29, 0.717) is 5.84 Å². The Hall–Kier alpha value is -1.80. The smallest absolute Gasteiger partial charge is 0.126 e. The second kappa shape index (κ2) is 4.46. The van der Waals surface area contributed by atoms with Gasteiger partial charge in [-0.1, -0.05) is 54.1 Å². The number of halogens is 1. The maximum absolute atomic E-state index is 6.22. The van der Waals surface area contributed by atoms with Gasteiger partial charge in [-0.25, -0.2) is 0 Å². The molecule has 18 heavy (non-hydrogen) atoms. The molecule has 0 fully saturated rings. The number of amidine groups is 1. The van der Waals surface area contributed by atoms with Crippen molar-refractivity contribution in [2.75, 3.05) is 0 Å². The molecule has 0 aromatic heterocycles. The van der Waals surface area contributed by atoms with Gasteiger partial charge in [0.1, 0.15) is 5.84 Å². The number of benzene rings is 2. The molecule has 1 atom stereocenters. The summed E-state index contributed by atoms with van der Waals surface area (Å²) in [5.41, 5.74) is 9.34. The van der Waals surface area contributed by atoms with E-state index in [0.717, 1.165) is 22.6 Å². The molecule has 0 aliphatic carbocycles. The van der Waals surface area contributed by atoms with E-state index >= 15 is 0 Å².